The molecule has 0 bridgehead atoms. The summed E-state index contributed by atoms with van der Waals surface area (Å²) < 4.78 is 1.72. The first-order valence-electron chi connectivity index (χ1n) is 8.95. The Kier molecular flexibility index (Phi) is 5.72. The number of thiazole rings is 1. The fraction of sp³-hybridized carbons (Fsp3) is 0.350. The molecule has 3 aromatic rings. The Bertz CT molecular complexity index is 926. The number of nitrogens with zero attached hydrogens (tertiary/aromatic N) is 3. The van der Waals surface area contributed by atoms with E-state index in [0.717, 1.165) is 16.1 Å². The van der Waals surface area contributed by atoms with E-state index in [-0.39, 0.29) is 11.9 Å². The van der Waals surface area contributed by atoms with Crippen molar-refractivity contribution in [1.29, 1.82) is 0 Å². The minimum atomic E-state index is -0.249. The average Bonchev–Trinajstić information content (AvgIpc) is 3.25. The highest BCUT2D eigenvalue weighted by Gasteiger charge is 2.18. The van der Waals surface area contributed by atoms with Gasteiger partial charge in [0.1, 0.15) is 9.88 Å². The van der Waals surface area contributed by atoms with E-state index in [9.17, 15) is 4.79 Å². The third kappa shape index (κ3) is 4.43. The van der Waals surface area contributed by atoms with Gasteiger partial charge in [-0.15, -0.1) is 11.3 Å². The Morgan fingerprint density at radius 2 is 1.93 bits per heavy atom. The molecule has 7 heteroatoms. The normalized spacial score (nSPS) is 12.4. The van der Waals surface area contributed by atoms with Crippen molar-refractivity contribution in [3.63, 3.8) is 0 Å². The van der Waals surface area contributed by atoms with Crippen molar-refractivity contribution in [1.82, 2.24) is 20.1 Å². The molecule has 27 heavy (non-hydrogen) atoms. The summed E-state index contributed by atoms with van der Waals surface area (Å²) in [4.78, 5) is 17.7. The molecular formula is C20H25N5OS. The first-order chi connectivity index (χ1) is 12.8. The second kappa shape index (κ2) is 8.02. The van der Waals surface area contributed by atoms with Crippen LogP contribution < -0.4 is 11.1 Å². The van der Waals surface area contributed by atoms with Crippen LogP contribution in [0.4, 0.5) is 0 Å². The van der Waals surface area contributed by atoms with Crippen molar-refractivity contribution in [2.75, 3.05) is 6.54 Å². The van der Waals surface area contributed by atoms with Crippen LogP contribution >= 0.6 is 11.3 Å². The standard InChI is InChI=1S/C20H25N5OS/c1-12(2)14-5-7-15(8-6-14)17(21)10-22-19(26)18-13(3)24-20(27-18)16-9-23-25(4)11-16/h5-9,11-12,17H,10,21H2,1-4H3,(H,22,26). The largest absolute Gasteiger partial charge is 0.349 e. The van der Waals surface area contributed by atoms with E-state index in [0.29, 0.717) is 23.0 Å². The van der Waals surface area contributed by atoms with Crippen LogP contribution in [0, 0.1) is 6.92 Å². The molecule has 6 nitrogen and oxygen atoms in total. The number of hydrogen-bond donors (Lipinski definition) is 2. The Labute approximate surface area is 163 Å². The highest BCUT2D eigenvalue weighted by Crippen LogP contribution is 2.27. The molecule has 0 radical (unpaired) electrons. The van der Waals surface area contributed by atoms with Gasteiger partial charge in [0.25, 0.3) is 5.91 Å². The summed E-state index contributed by atoms with van der Waals surface area (Å²) >= 11 is 1.37. The fourth-order valence-corrected chi connectivity index (χ4v) is 3.75. The third-order valence-electron chi connectivity index (χ3n) is 4.47. The molecule has 142 valence electrons. The van der Waals surface area contributed by atoms with Crippen LogP contribution in [0.5, 0.6) is 0 Å². The monoisotopic (exact) mass is 383 g/mol. The number of carbonyl (C=O) groups excluding carboxylic acids is 1. The van der Waals surface area contributed by atoms with Gasteiger partial charge in [0.05, 0.1) is 11.9 Å². The Morgan fingerprint density at radius 1 is 1.26 bits per heavy atom. The number of hydrogen-bond acceptors (Lipinski definition) is 5. The Morgan fingerprint density at radius 3 is 2.52 bits per heavy atom. The fourth-order valence-electron chi connectivity index (χ4n) is 2.79. The highest BCUT2D eigenvalue weighted by atomic mass is 32.1. The van der Waals surface area contributed by atoms with Crippen LogP contribution in [0.2, 0.25) is 0 Å². The molecule has 1 atom stereocenters. The lowest BCUT2D eigenvalue weighted by molar-refractivity contribution is 0.0954. The van der Waals surface area contributed by atoms with Gasteiger partial charge in [-0.3, -0.25) is 9.48 Å². The first-order valence-corrected chi connectivity index (χ1v) is 9.77. The van der Waals surface area contributed by atoms with Crippen LogP contribution in [-0.2, 0) is 7.05 Å². The predicted molar refractivity (Wildman–Crippen MR) is 109 cm³/mol. The molecule has 3 rings (SSSR count). The topological polar surface area (TPSA) is 85.8 Å². The number of benzene rings is 1. The van der Waals surface area contributed by atoms with Crippen molar-refractivity contribution in [2.45, 2.75) is 32.7 Å². The van der Waals surface area contributed by atoms with Gasteiger partial charge in [-0.05, 0) is 24.0 Å². The summed E-state index contributed by atoms with van der Waals surface area (Å²) in [7, 11) is 1.85. The number of amides is 1. The summed E-state index contributed by atoms with van der Waals surface area (Å²) in [5.74, 6) is 0.340. The van der Waals surface area contributed by atoms with E-state index in [4.69, 9.17) is 5.73 Å². The van der Waals surface area contributed by atoms with Crippen LogP contribution in [0.25, 0.3) is 10.6 Å². The molecule has 0 spiro atoms. The van der Waals surface area contributed by atoms with Crippen molar-refractivity contribution >= 4 is 17.2 Å². The summed E-state index contributed by atoms with van der Waals surface area (Å²) in [6, 6.07) is 8.00. The minimum absolute atomic E-state index is 0.144. The van der Waals surface area contributed by atoms with E-state index < -0.39 is 0 Å². The molecule has 0 aliphatic rings. The zero-order chi connectivity index (χ0) is 19.6. The number of rotatable bonds is 6. The van der Waals surface area contributed by atoms with Crippen LogP contribution in [0.15, 0.2) is 36.7 Å². The van der Waals surface area contributed by atoms with Crippen LogP contribution in [0.3, 0.4) is 0 Å². The van der Waals surface area contributed by atoms with E-state index in [1.165, 1.54) is 16.9 Å². The van der Waals surface area contributed by atoms with E-state index >= 15 is 0 Å². The minimum Gasteiger partial charge on any atom is -0.349 e. The molecule has 1 aromatic carbocycles. The summed E-state index contributed by atoms with van der Waals surface area (Å²) in [6.45, 7) is 6.54. The highest BCUT2D eigenvalue weighted by molar-refractivity contribution is 7.17. The molecule has 0 aliphatic carbocycles. The molecule has 0 fully saturated rings. The summed E-state index contributed by atoms with van der Waals surface area (Å²) in [5, 5.41) is 7.88. The number of aromatic nitrogens is 3. The molecule has 3 N–H and O–H groups in total. The van der Waals surface area contributed by atoms with Gasteiger partial charge in [0.15, 0.2) is 0 Å². The number of nitrogens with one attached hydrogen (secondary N) is 1. The summed E-state index contributed by atoms with van der Waals surface area (Å²) in [5.41, 5.74) is 10.2. The van der Waals surface area contributed by atoms with Crippen LogP contribution in [-0.4, -0.2) is 27.2 Å². The molecule has 0 saturated carbocycles. The second-order valence-electron chi connectivity index (χ2n) is 6.97. The Hall–Kier alpha value is -2.51. The van der Waals surface area contributed by atoms with Gasteiger partial charge in [-0.1, -0.05) is 38.1 Å². The lowest BCUT2D eigenvalue weighted by atomic mass is 9.99. The lowest BCUT2D eigenvalue weighted by Crippen LogP contribution is -2.31. The molecule has 1 unspecified atom stereocenters. The number of aryl methyl sites for hydroxylation is 2. The Balaban J connectivity index is 1.64. The summed E-state index contributed by atoms with van der Waals surface area (Å²) in [6.07, 6.45) is 3.63. The SMILES string of the molecule is Cc1nc(-c2cnn(C)c2)sc1C(=O)NCC(N)c1ccc(C(C)C)cc1. The maximum atomic E-state index is 12.6. The first kappa shape index (κ1) is 19.3. The molecule has 2 aromatic heterocycles. The van der Waals surface area contributed by atoms with Gasteiger partial charge in [-0.25, -0.2) is 4.98 Å². The van der Waals surface area contributed by atoms with Gasteiger partial charge in [0.2, 0.25) is 0 Å². The van der Waals surface area contributed by atoms with Gasteiger partial charge >= 0.3 is 0 Å². The third-order valence-corrected chi connectivity index (χ3v) is 5.67. The van der Waals surface area contributed by atoms with Gasteiger partial charge < -0.3 is 11.1 Å². The van der Waals surface area contributed by atoms with E-state index in [1.807, 2.05) is 32.3 Å². The zero-order valence-electron chi connectivity index (χ0n) is 16.1. The zero-order valence-corrected chi connectivity index (χ0v) is 16.9. The van der Waals surface area contributed by atoms with E-state index in [2.05, 4.69) is 41.4 Å². The average molecular weight is 384 g/mol. The van der Waals surface area contributed by atoms with E-state index in [1.54, 1.807) is 10.9 Å². The van der Waals surface area contributed by atoms with Crippen molar-refractivity contribution in [2.24, 2.45) is 12.8 Å². The smallest absolute Gasteiger partial charge is 0.263 e. The molecule has 2 heterocycles. The van der Waals surface area contributed by atoms with Crippen molar-refractivity contribution in [3.8, 4) is 10.6 Å². The number of carbonyl (C=O) groups is 1. The maximum absolute atomic E-state index is 12.6. The van der Waals surface area contributed by atoms with Crippen molar-refractivity contribution < 1.29 is 4.79 Å². The predicted octanol–water partition coefficient (Wildman–Crippen LogP) is 3.41. The van der Waals surface area contributed by atoms with Gasteiger partial charge in [-0.2, -0.15) is 5.10 Å². The molecule has 0 saturated heterocycles. The lowest BCUT2D eigenvalue weighted by Gasteiger charge is -2.14. The maximum Gasteiger partial charge on any atom is 0.263 e. The quantitative estimate of drug-likeness (QED) is 0.683. The molecular weight excluding hydrogens is 358 g/mol. The number of nitrogens with two attached hydrogens (primary N) is 1. The van der Waals surface area contributed by atoms with Crippen LogP contribution in [0.1, 0.15) is 52.3 Å². The molecule has 0 aliphatic heterocycles. The molecule has 1 amide bonds. The second-order valence-corrected chi connectivity index (χ2v) is 7.97. The van der Waals surface area contributed by atoms with Crippen molar-refractivity contribution in [3.05, 3.63) is 58.4 Å². The van der Waals surface area contributed by atoms with Gasteiger partial charge in [0, 0.05) is 31.4 Å².